The quantitative estimate of drug-likeness (QED) is 0.788. The van der Waals surface area contributed by atoms with E-state index in [4.69, 9.17) is 0 Å². The van der Waals surface area contributed by atoms with Crippen LogP contribution in [0.3, 0.4) is 0 Å². The summed E-state index contributed by atoms with van der Waals surface area (Å²) >= 11 is 0. The van der Waals surface area contributed by atoms with Crippen LogP contribution in [0.2, 0.25) is 0 Å². The first-order valence-corrected chi connectivity index (χ1v) is 7.64. The molecular weight excluding hydrogens is 236 g/mol. The second kappa shape index (κ2) is 6.53. The monoisotopic (exact) mass is 264 g/mol. The highest BCUT2D eigenvalue weighted by Crippen LogP contribution is 2.24. The lowest BCUT2D eigenvalue weighted by molar-refractivity contribution is 0.127. The third kappa shape index (κ3) is 3.37. The Balaban J connectivity index is 2.03. The zero-order chi connectivity index (χ0) is 13.8. The average molecular weight is 264 g/mol. The molecule has 4 nitrogen and oxygen atoms in total. The van der Waals surface area contributed by atoms with Crippen molar-refractivity contribution in [3.63, 3.8) is 0 Å². The van der Waals surface area contributed by atoms with Crippen molar-refractivity contribution >= 4 is 0 Å². The zero-order valence-corrected chi connectivity index (χ0v) is 12.8. The highest BCUT2D eigenvalue weighted by Gasteiger charge is 2.26. The van der Waals surface area contributed by atoms with Gasteiger partial charge >= 0.3 is 0 Å². The standard InChI is InChI=1S/C15H28N4/c1-5-17(6-2)10-8-15-12-18(13(3)4)11-14-7-9-16-19(14)15/h7,9,13,15H,5-6,8,10-12H2,1-4H3/t15-/m0/s1. The Hall–Kier alpha value is -0.870. The second-order valence-electron chi connectivity index (χ2n) is 5.76. The molecule has 1 aromatic heterocycles. The Bertz CT molecular complexity index is 381. The van der Waals surface area contributed by atoms with E-state index in [1.54, 1.807) is 0 Å². The van der Waals surface area contributed by atoms with E-state index in [1.807, 2.05) is 6.20 Å². The van der Waals surface area contributed by atoms with Crippen molar-refractivity contribution in [2.75, 3.05) is 26.2 Å². The van der Waals surface area contributed by atoms with Crippen molar-refractivity contribution in [3.8, 4) is 0 Å². The Labute approximate surface area is 117 Å². The molecular formula is C15H28N4. The van der Waals surface area contributed by atoms with E-state index in [9.17, 15) is 0 Å². The lowest BCUT2D eigenvalue weighted by atomic mass is 10.1. The molecule has 0 bridgehead atoms. The molecule has 1 aromatic rings. The highest BCUT2D eigenvalue weighted by molar-refractivity contribution is 5.05. The zero-order valence-electron chi connectivity index (χ0n) is 12.8. The van der Waals surface area contributed by atoms with E-state index in [-0.39, 0.29) is 0 Å². The highest BCUT2D eigenvalue weighted by atomic mass is 15.4. The molecule has 2 rings (SSSR count). The van der Waals surface area contributed by atoms with Crippen LogP contribution in [0.25, 0.3) is 0 Å². The van der Waals surface area contributed by atoms with E-state index in [2.05, 4.69) is 53.3 Å². The fraction of sp³-hybridized carbons (Fsp3) is 0.800. The van der Waals surface area contributed by atoms with Gasteiger partial charge in [0.15, 0.2) is 0 Å². The van der Waals surface area contributed by atoms with Crippen LogP contribution in [0.5, 0.6) is 0 Å². The molecule has 0 fully saturated rings. The molecule has 0 spiro atoms. The van der Waals surface area contributed by atoms with Crippen molar-refractivity contribution in [3.05, 3.63) is 18.0 Å². The van der Waals surface area contributed by atoms with Gasteiger partial charge < -0.3 is 4.90 Å². The molecule has 108 valence electrons. The maximum Gasteiger partial charge on any atom is 0.0662 e. The average Bonchev–Trinajstić information content (AvgIpc) is 2.87. The van der Waals surface area contributed by atoms with E-state index < -0.39 is 0 Å². The van der Waals surface area contributed by atoms with E-state index in [1.165, 1.54) is 18.7 Å². The lowest BCUT2D eigenvalue weighted by Gasteiger charge is -2.37. The minimum absolute atomic E-state index is 0.529. The molecule has 0 aromatic carbocycles. The number of nitrogens with zero attached hydrogens (tertiary/aromatic N) is 4. The molecule has 0 radical (unpaired) electrons. The molecule has 1 atom stereocenters. The van der Waals surface area contributed by atoms with Crippen molar-refractivity contribution in [1.29, 1.82) is 0 Å². The molecule has 4 heteroatoms. The van der Waals surface area contributed by atoms with Gasteiger partial charge in [0.2, 0.25) is 0 Å². The van der Waals surface area contributed by atoms with Gasteiger partial charge in [-0.15, -0.1) is 0 Å². The minimum atomic E-state index is 0.529. The first-order valence-electron chi connectivity index (χ1n) is 7.64. The predicted molar refractivity (Wildman–Crippen MR) is 79.2 cm³/mol. The number of fused-ring (bicyclic) bond motifs is 1. The topological polar surface area (TPSA) is 24.3 Å². The van der Waals surface area contributed by atoms with Gasteiger partial charge in [0.25, 0.3) is 0 Å². The molecule has 0 amide bonds. The molecule has 0 saturated carbocycles. The van der Waals surface area contributed by atoms with E-state index >= 15 is 0 Å². The summed E-state index contributed by atoms with van der Waals surface area (Å²) in [5.74, 6) is 0. The third-order valence-electron chi connectivity index (χ3n) is 4.31. The molecule has 1 aliphatic rings. The Kier molecular flexibility index (Phi) is 4.99. The fourth-order valence-electron chi connectivity index (χ4n) is 2.89. The largest absolute Gasteiger partial charge is 0.304 e. The molecule has 19 heavy (non-hydrogen) atoms. The van der Waals surface area contributed by atoms with Gasteiger partial charge in [-0.3, -0.25) is 9.58 Å². The Morgan fingerprint density at radius 1 is 1.37 bits per heavy atom. The number of hydrogen-bond acceptors (Lipinski definition) is 3. The molecule has 0 unspecified atom stereocenters. The van der Waals surface area contributed by atoms with Gasteiger partial charge in [-0.1, -0.05) is 13.8 Å². The third-order valence-corrected chi connectivity index (χ3v) is 4.31. The van der Waals surface area contributed by atoms with Crippen LogP contribution >= 0.6 is 0 Å². The maximum absolute atomic E-state index is 4.53. The van der Waals surface area contributed by atoms with Crippen LogP contribution < -0.4 is 0 Å². The summed E-state index contributed by atoms with van der Waals surface area (Å²) < 4.78 is 2.25. The van der Waals surface area contributed by atoms with E-state index in [0.29, 0.717) is 12.1 Å². The maximum atomic E-state index is 4.53. The van der Waals surface area contributed by atoms with Crippen LogP contribution in [-0.2, 0) is 6.54 Å². The van der Waals surface area contributed by atoms with Crippen LogP contribution in [0.1, 0.15) is 45.9 Å². The summed E-state index contributed by atoms with van der Waals surface area (Å²) in [6.45, 7) is 14.7. The van der Waals surface area contributed by atoms with Crippen molar-refractivity contribution in [1.82, 2.24) is 19.6 Å². The van der Waals surface area contributed by atoms with Gasteiger partial charge in [-0.05, 0) is 39.4 Å². The first-order chi connectivity index (χ1) is 9.15. The summed E-state index contributed by atoms with van der Waals surface area (Å²) in [5.41, 5.74) is 1.37. The minimum Gasteiger partial charge on any atom is -0.304 e. The predicted octanol–water partition coefficient (Wildman–Crippen LogP) is 2.38. The normalized spacial score (nSPS) is 20.2. The number of aromatic nitrogens is 2. The van der Waals surface area contributed by atoms with Gasteiger partial charge in [0, 0.05) is 31.9 Å². The van der Waals surface area contributed by atoms with Gasteiger partial charge in [0.05, 0.1) is 11.7 Å². The summed E-state index contributed by atoms with van der Waals surface area (Å²) in [7, 11) is 0. The van der Waals surface area contributed by atoms with Gasteiger partial charge in [-0.25, -0.2) is 0 Å². The summed E-state index contributed by atoms with van der Waals surface area (Å²) in [6.07, 6.45) is 3.14. The molecule has 0 aliphatic carbocycles. The van der Waals surface area contributed by atoms with Gasteiger partial charge in [0.1, 0.15) is 0 Å². The van der Waals surface area contributed by atoms with E-state index in [0.717, 1.165) is 26.2 Å². The summed E-state index contributed by atoms with van der Waals surface area (Å²) in [6, 6.07) is 3.31. The number of rotatable bonds is 6. The molecule has 1 aliphatic heterocycles. The van der Waals surface area contributed by atoms with Crippen LogP contribution in [0.4, 0.5) is 0 Å². The fourth-order valence-corrected chi connectivity index (χ4v) is 2.89. The lowest BCUT2D eigenvalue weighted by Crippen LogP contribution is -2.42. The Morgan fingerprint density at radius 2 is 2.11 bits per heavy atom. The van der Waals surface area contributed by atoms with Crippen molar-refractivity contribution in [2.45, 2.75) is 52.7 Å². The van der Waals surface area contributed by atoms with Crippen molar-refractivity contribution in [2.24, 2.45) is 0 Å². The van der Waals surface area contributed by atoms with Gasteiger partial charge in [-0.2, -0.15) is 5.10 Å². The van der Waals surface area contributed by atoms with Crippen LogP contribution in [0.15, 0.2) is 12.3 Å². The number of hydrogen-bond donors (Lipinski definition) is 0. The first kappa shape index (κ1) is 14.5. The summed E-state index contributed by atoms with van der Waals surface area (Å²) in [5, 5.41) is 4.53. The van der Waals surface area contributed by atoms with Crippen molar-refractivity contribution < 1.29 is 0 Å². The smallest absolute Gasteiger partial charge is 0.0662 e. The Morgan fingerprint density at radius 3 is 2.74 bits per heavy atom. The van der Waals surface area contributed by atoms with Crippen LogP contribution in [-0.4, -0.2) is 51.8 Å². The van der Waals surface area contributed by atoms with Crippen LogP contribution in [0, 0.1) is 0 Å². The molecule has 2 heterocycles. The summed E-state index contributed by atoms with van der Waals surface area (Å²) in [4.78, 5) is 5.06. The SMILES string of the molecule is CCN(CC)CC[C@H]1CN(C(C)C)Cc2ccnn21. The molecule has 0 saturated heterocycles. The second-order valence-corrected chi connectivity index (χ2v) is 5.76. The molecule has 0 N–H and O–H groups in total.